The van der Waals surface area contributed by atoms with E-state index < -0.39 is 4.92 Å². The first kappa shape index (κ1) is 20.1. The summed E-state index contributed by atoms with van der Waals surface area (Å²) in [5.41, 5.74) is 1.08. The van der Waals surface area contributed by atoms with Crippen LogP contribution in [0.4, 0.5) is 11.4 Å². The molecule has 0 unspecified atom stereocenters. The van der Waals surface area contributed by atoms with Gasteiger partial charge >= 0.3 is 0 Å². The van der Waals surface area contributed by atoms with Crippen LogP contribution in [-0.2, 0) is 0 Å². The van der Waals surface area contributed by atoms with Crippen molar-refractivity contribution in [1.29, 1.82) is 0 Å². The first-order valence-electron chi connectivity index (χ1n) is 11.1. The summed E-state index contributed by atoms with van der Waals surface area (Å²) in [6.45, 7) is 7.58. The Morgan fingerprint density at radius 1 is 1.00 bits per heavy atom. The van der Waals surface area contributed by atoms with Crippen molar-refractivity contribution in [2.24, 2.45) is 5.92 Å². The van der Waals surface area contributed by atoms with Crippen LogP contribution in [0.25, 0.3) is 0 Å². The van der Waals surface area contributed by atoms with Crippen LogP contribution in [0.1, 0.15) is 55.8 Å². The summed E-state index contributed by atoms with van der Waals surface area (Å²) in [6, 6.07) is 5.76. The molecular formula is C22H32N4O3. The quantitative estimate of drug-likeness (QED) is 0.571. The number of hydrogen-bond donors (Lipinski definition) is 0. The molecule has 3 fully saturated rings. The Balaban J connectivity index is 1.45. The summed E-state index contributed by atoms with van der Waals surface area (Å²) in [5, 5.41) is 11.5. The van der Waals surface area contributed by atoms with Crippen LogP contribution < -0.4 is 4.90 Å². The van der Waals surface area contributed by atoms with Gasteiger partial charge in [-0.25, -0.2) is 0 Å². The first-order valence-corrected chi connectivity index (χ1v) is 11.1. The average Bonchev–Trinajstić information content (AvgIpc) is 3.28. The lowest BCUT2D eigenvalue weighted by molar-refractivity contribution is -0.385. The van der Waals surface area contributed by atoms with E-state index >= 15 is 0 Å². The summed E-state index contributed by atoms with van der Waals surface area (Å²) in [6.07, 6.45) is 7.20. The van der Waals surface area contributed by atoms with Gasteiger partial charge in [0.2, 0.25) is 0 Å². The smallest absolute Gasteiger partial charge is 0.282 e. The Bertz CT molecular complexity index is 746. The molecule has 2 aliphatic heterocycles. The van der Waals surface area contributed by atoms with Crippen molar-refractivity contribution in [3.8, 4) is 0 Å². The Kier molecular flexibility index (Phi) is 6.04. The van der Waals surface area contributed by atoms with Gasteiger partial charge in [0.1, 0.15) is 5.56 Å². The summed E-state index contributed by atoms with van der Waals surface area (Å²) in [5.74, 6) is 0.658. The predicted molar refractivity (Wildman–Crippen MR) is 113 cm³/mol. The second kappa shape index (κ2) is 8.69. The number of nitro groups is 1. The zero-order chi connectivity index (χ0) is 20.4. The molecule has 29 heavy (non-hydrogen) atoms. The summed E-state index contributed by atoms with van der Waals surface area (Å²) >= 11 is 0. The third kappa shape index (κ3) is 4.39. The highest BCUT2D eigenvalue weighted by Crippen LogP contribution is 2.30. The molecule has 0 radical (unpaired) electrons. The largest absolute Gasteiger partial charge is 0.369 e. The molecule has 4 rings (SSSR count). The standard InChI is InChI=1S/C22H32N4O3/c1-17-4-6-18(7-5-17)23-12-14-24(15-13-23)19-8-9-21(26(28)29)20(16-19)22(27)25-10-2-3-11-25/h8-9,16-18H,2-7,10-15H2,1H3. The molecular weight excluding hydrogens is 368 g/mol. The maximum atomic E-state index is 12.9. The van der Waals surface area contributed by atoms with Gasteiger partial charge in [-0.15, -0.1) is 0 Å². The zero-order valence-electron chi connectivity index (χ0n) is 17.4. The highest BCUT2D eigenvalue weighted by Gasteiger charge is 2.30. The molecule has 7 heteroatoms. The minimum atomic E-state index is -0.435. The molecule has 1 saturated carbocycles. The number of hydrogen-bond acceptors (Lipinski definition) is 5. The number of anilines is 1. The molecule has 0 aromatic heterocycles. The highest BCUT2D eigenvalue weighted by atomic mass is 16.6. The van der Waals surface area contributed by atoms with Crippen molar-refractivity contribution >= 4 is 17.3 Å². The van der Waals surface area contributed by atoms with E-state index in [2.05, 4.69) is 16.7 Å². The summed E-state index contributed by atoms with van der Waals surface area (Å²) in [7, 11) is 0. The third-order valence-electron chi connectivity index (χ3n) is 6.98. The van der Waals surface area contributed by atoms with Gasteiger partial charge in [0.25, 0.3) is 11.6 Å². The van der Waals surface area contributed by atoms with Crippen LogP contribution in [0.15, 0.2) is 18.2 Å². The second-order valence-corrected chi connectivity index (χ2v) is 8.89. The molecule has 1 aromatic carbocycles. The molecule has 0 N–H and O–H groups in total. The number of nitrogens with zero attached hydrogens (tertiary/aromatic N) is 4. The van der Waals surface area contributed by atoms with Crippen LogP contribution in [0.3, 0.4) is 0 Å². The minimum Gasteiger partial charge on any atom is -0.369 e. The molecule has 1 aliphatic carbocycles. The normalized spacial score (nSPS) is 26.0. The Morgan fingerprint density at radius 2 is 1.66 bits per heavy atom. The van der Waals surface area contributed by atoms with E-state index in [0.29, 0.717) is 19.1 Å². The van der Waals surface area contributed by atoms with Crippen molar-refractivity contribution < 1.29 is 9.72 Å². The summed E-state index contributed by atoms with van der Waals surface area (Å²) in [4.78, 5) is 30.6. The molecule has 1 aromatic rings. The number of carbonyl (C=O) groups excluding carboxylic acids is 1. The molecule has 0 spiro atoms. The van der Waals surface area contributed by atoms with Crippen LogP contribution in [0.2, 0.25) is 0 Å². The number of nitro benzene ring substituents is 1. The van der Waals surface area contributed by atoms with Crippen molar-refractivity contribution in [2.45, 2.75) is 51.5 Å². The van der Waals surface area contributed by atoms with E-state index in [9.17, 15) is 14.9 Å². The van der Waals surface area contributed by atoms with Crippen molar-refractivity contribution in [3.63, 3.8) is 0 Å². The highest BCUT2D eigenvalue weighted by molar-refractivity contribution is 5.99. The van der Waals surface area contributed by atoms with Crippen LogP contribution >= 0.6 is 0 Å². The molecule has 0 bridgehead atoms. The van der Waals surface area contributed by atoms with Crippen LogP contribution in [0.5, 0.6) is 0 Å². The minimum absolute atomic E-state index is 0.0828. The fraction of sp³-hybridized carbons (Fsp3) is 0.682. The van der Waals surface area contributed by atoms with Gasteiger partial charge in [0.05, 0.1) is 4.92 Å². The lowest BCUT2D eigenvalue weighted by atomic mass is 9.86. The Labute approximate surface area is 172 Å². The van der Waals surface area contributed by atoms with Crippen molar-refractivity contribution in [2.75, 3.05) is 44.2 Å². The molecule has 2 saturated heterocycles. The second-order valence-electron chi connectivity index (χ2n) is 8.89. The van der Waals surface area contributed by atoms with E-state index in [4.69, 9.17) is 0 Å². The number of benzene rings is 1. The van der Waals surface area contributed by atoms with Crippen molar-refractivity contribution in [1.82, 2.24) is 9.80 Å². The van der Waals surface area contributed by atoms with Gasteiger partial charge in [-0.05, 0) is 56.6 Å². The molecule has 0 atom stereocenters. The first-order chi connectivity index (χ1) is 14.0. The maximum absolute atomic E-state index is 12.9. The molecule has 3 aliphatic rings. The number of carbonyl (C=O) groups is 1. The fourth-order valence-electron chi connectivity index (χ4n) is 5.09. The lowest BCUT2D eigenvalue weighted by Gasteiger charge is -2.42. The molecule has 7 nitrogen and oxygen atoms in total. The van der Waals surface area contributed by atoms with Gasteiger partial charge < -0.3 is 9.80 Å². The van der Waals surface area contributed by atoms with Gasteiger partial charge in [-0.1, -0.05) is 6.92 Å². The Morgan fingerprint density at radius 3 is 2.28 bits per heavy atom. The van der Waals surface area contributed by atoms with Gasteiger partial charge in [-0.3, -0.25) is 19.8 Å². The lowest BCUT2D eigenvalue weighted by Crippen LogP contribution is -2.51. The monoisotopic (exact) mass is 400 g/mol. The van der Waals surface area contributed by atoms with E-state index in [1.165, 1.54) is 31.7 Å². The average molecular weight is 401 g/mol. The predicted octanol–water partition coefficient (Wildman–Crippen LogP) is 3.53. The topological polar surface area (TPSA) is 69.9 Å². The van der Waals surface area contributed by atoms with E-state index in [1.807, 2.05) is 0 Å². The molecule has 2 heterocycles. The van der Waals surface area contributed by atoms with Crippen molar-refractivity contribution in [3.05, 3.63) is 33.9 Å². The third-order valence-corrected chi connectivity index (χ3v) is 6.98. The maximum Gasteiger partial charge on any atom is 0.282 e. The van der Waals surface area contributed by atoms with Gasteiger partial charge in [0.15, 0.2) is 0 Å². The van der Waals surface area contributed by atoms with E-state index in [0.717, 1.165) is 50.6 Å². The number of likely N-dealkylation sites (tertiary alicyclic amines) is 1. The molecule has 1 amide bonds. The fourth-order valence-corrected chi connectivity index (χ4v) is 5.09. The SMILES string of the molecule is CC1CCC(N2CCN(c3ccc([N+](=O)[O-])c(C(=O)N4CCCC4)c3)CC2)CC1. The van der Waals surface area contributed by atoms with Gasteiger partial charge in [0, 0.05) is 57.1 Å². The van der Waals surface area contributed by atoms with Crippen LogP contribution in [-0.4, -0.2) is 65.9 Å². The number of rotatable bonds is 4. The zero-order valence-corrected chi connectivity index (χ0v) is 17.4. The van der Waals surface area contributed by atoms with Crippen LogP contribution in [0, 0.1) is 16.0 Å². The van der Waals surface area contributed by atoms with Gasteiger partial charge in [-0.2, -0.15) is 0 Å². The molecule has 158 valence electrons. The number of amides is 1. The Hall–Kier alpha value is -2.15. The summed E-state index contributed by atoms with van der Waals surface area (Å²) < 4.78 is 0. The number of piperazine rings is 1. The van der Waals surface area contributed by atoms with E-state index in [1.54, 1.807) is 17.0 Å². The van der Waals surface area contributed by atoms with E-state index in [-0.39, 0.29) is 17.2 Å².